The predicted octanol–water partition coefficient (Wildman–Crippen LogP) is 2.62. The number of nitro groups is 1. The van der Waals surface area contributed by atoms with Crippen molar-refractivity contribution in [2.45, 2.75) is 0 Å². The first-order valence-electron chi connectivity index (χ1n) is 5.25. The van der Waals surface area contributed by atoms with Crippen LogP contribution < -0.4 is 16.6 Å². The van der Waals surface area contributed by atoms with Gasteiger partial charge in [0.1, 0.15) is 5.82 Å². The number of nitrogens with one attached hydrogen (secondary N) is 2. The molecule has 19 heavy (non-hydrogen) atoms. The summed E-state index contributed by atoms with van der Waals surface area (Å²) >= 11 is 2.13. The van der Waals surface area contributed by atoms with Gasteiger partial charge in [-0.1, -0.05) is 12.1 Å². The van der Waals surface area contributed by atoms with Crippen LogP contribution in [0.2, 0.25) is 0 Å². The fraction of sp³-hybridized carbons (Fsp3) is 0. The Kier molecular flexibility index (Phi) is 4.12. The van der Waals surface area contributed by atoms with Crippen molar-refractivity contribution in [2.24, 2.45) is 5.84 Å². The second-order valence-electron chi connectivity index (χ2n) is 3.57. The lowest BCUT2D eigenvalue weighted by Crippen LogP contribution is -2.10. The molecule has 0 bridgehead atoms. The highest BCUT2D eigenvalue weighted by Gasteiger charge is 2.16. The molecule has 0 saturated carbocycles. The van der Waals surface area contributed by atoms with Crippen LogP contribution in [0.1, 0.15) is 0 Å². The number of hydrazine groups is 1. The summed E-state index contributed by atoms with van der Waals surface area (Å²) in [7, 11) is 0. The lowest BCUT2D eigenvalue weighted by atomic mass is 10.3. The van der Waals surface area contributed by atoms with Gasteiger partial charge in [-0.2, -0.15) is 0 Å². The first-order valence-corrected chi connectivity index (χ1v) is 6.33. The van der Waals surface area contributed by atoms with Crippen molar-refractivity contribution in [3.63, 3.8) is 0 Å². The molecule has 2 aromatic rings. The monoisotopic (exact) mass is 371 g/mol. The average molecular weight is 371 g/mol. The van der Waals surface area contributed by atoms with Crippen LogP contribution in [0.25, 0.3) is 0 Å². The van der Waals surface area contributed by atoms with E-state index in [9.17, 15) is 10.1 Å². The predicted molar refractivity (Wildman–Crippen MR) is 81.1 cm³/mol. The fourth-order valence-electron chi connectivity index (χ4n) is 1.46. The molecule has 1 aromatic carbocycles. The van der Waals surface area contributed by atoms with Crippen LogP contribution in [-0.4, -0.2) is 9.91 Å². The normalized spacial score (nSPS) is 10.0. The molecule has 1 heterocycles. The van der Waals surface area contributed by atoms with E-state index in [2.05, 4.69) is 38.3 Å². The summed E-state index contributed by atoms with van der Waals surface area (Å²) in [5.41, 5.74) is 2.99. The van der Waals surface area contributed by atoms with Gasteiger partial charge in [0.25, 0.3) is 0 Å². The molecule has 98 valence electrons. The number of nitrogen functional groups attached to an aromatic ring is 1. The van der Waals surface area contributed by atoms with Crippen LogP contribution in [-0.2, 0) is 0 Å². The summed E-state index contributed by atoms with van der Waals surface area (Å²) in [4.78, 5) is 14.5. The highest BCUT2D eigenvalue weighted by atomic mass is 127. The molecule has 7 nitrogen and oxygen atoms in total. The molecule has 0 unspecified atom stereocenters. The van der Waals surface area contributed by atoms with Gasteiger partial charge >= 0.3 is 5.69 Å². The van der Waals surface area contributed by atoms with Gasteiger partial charge in [-0.05, 0) is 40.8 Å². The van der Waals surface area contributed by atoms with Crippen LogP contribution in [0.5, 0.6) is 0 Å². The van der Waals surface area contributed by atoms with Crippen molar-refractivity contribution >= 4 is 45.6 Å². The number of aromatic nitrogens is 1. The number of nitrogens with zero attached hydrogens (tertiary/aromatic N) is 2. The average Bonchev–Trinajstić information content (AvgIpc) is 2.41. The van der Waals surface area contributed by atoms with E-state index in [1.807, 2.05) is 24.3 Å². The minimum atomic E-state index is -0.495. The van der Waals surface area contributed by atoms with Crippen molar-refractivity contribution in [1.29, 1.82) is 0 Å². The number of nitrogens with two attached hydrogens (primary N) is 1. The second kappa shape index (κ2) is 5.80. The Morgan fingerprint density at radius 1 is 1.26 bits per heavy atom. The van der Waals surface area contributed by atoms with Gasteiger partial charge in [0, 0.05) is 9.64 Å². The van der Waals surface area contributed by atoms with E-state index < -0.39 is 4.92 Å². The number of benzene rings is 1. The van der Waals surface area contributed by atoms with Gasteiger partial charge in [-0.15, -0.1) is 0 Å². The summed E-state index contributed by atoms with van der Waals surface area (Å²) in [6.45, 7) is 0. The molecule has 0 aliphatic rings. The lowest BCUT2D eigenvalue weighted by molar-refractivity contribution is -0.384. The van der Waals surface area contributed by atoms with Gasteiger partial charge in [0.2, 0.25) is 5.82 Å². The lowest BCUT2D eigenvalue weighted by Gasteiger charge is -2.09. The highest BCUT2D eigenvalue weighted by Crippen LogP contribution is 2.28. The number of rotatable bonds is 4. The van der Waals surface area contributed by atoms with E-state index in [1.165, 1.54) is 12.1 Å². The molecular formula is C11H10IN5O2. The maximum atomic E-state index is 11.0. The van der Waals surface area contributed by atoms with Gasteiger partial charge in [0.05, 0.1) is 10.6 Å². The molecule has 4 N–H and O–H groups in total. The molecular weight excluding hydrogens is 361 g/mol. The summed E-state index contributed by atoms with van der Waals surface area (Å²) in [5, 5.41) is 13.9. The standard InChI is InChI=1S/C11H10IN5O2/c12-7-3-1-2-4-8(7)14-11-9(17(18)19)5-6-10(15-11)16-13/h1-6H,13H2,(H2,14,15,16). The minimum Gasteiger partial charge on any atom is -0.334 e. The Morgan fingerprint density at radius 2 is 2.00 bits per heavy atom. The fourth-order valence-corrected chi connectivity index (χ4v) is 1.98. The minimum absolute atomic E-state index is 0.112. The topological polar surface area (TPSA) is 106 Å². The van der Waals surface area contributed by atoms with E-state index in [4.69, 9.17) is 5.84 Å². The van der Waals surface area contributed by atoms with Gasteiger partial charge in [0.15, 0.2) is 0 Å². The molecule has 0 spiro atoms. The van der Waals surface area contributed by atoms with Crippen molar-refractivity contribution in [1.82, 2.24) is 4.98 Å². The van der Waals surface area contributed by atoms with Gasteiger partial charge < -0.3 is 10.7 Å². The molecule has 0 amide bonds. The molecule has 2 rings (SSSR count). The molecule has 0 aliphatic carbocycles. The van der Waals surface area contributed by atoms with E-state index >= 15 is 0 Å². The van der Waals surface area contributed by atoms with Crippen LogP contribution in [0.3, 0.4) is 0 Å². The Morgan fingerprint density at radius 3 is 2.63 bits per heavy atom. The number of hydrogen-bond acceptors (Lipinski definition) is 6. The second-order valence-corrected chi connectivity index (χ2v) is 4.73. The molecule has 8 heteroatoms. The van der Waals surface area contributed by atoms with Crippen molar-refractivity contribution in [3.05, 3.63) is 50.1 Å². The number of halogens is 1. The van der Waals surface area contributed by atoms with E-state index in [0.717, 1.165) is 9.26 Å². The van der Waals surface area contributed by atoms with Crippen LogP contribution >= 0.6 is 22.6 Å². The van der Waals surface area contributed by atoms with Gasteiger partial charge in [-0.3, -0.25) is 10.1 Å². The third-order valence-electron chi connectivity index (χ3n) is 2.35. The summed E-state index contributed by atoms with van der Waals surface area (Å²) in [6.07, 6.45) is 0. The third kappa shape index (κ3) is 3.09. The summed E-state index contributed by atoms with van der Waals surface area (Å²) in [6, 6.07) is 10.2. The molecule has 0 radical (unpaired) electrons. The zero-order chi connectivity index (χ0) is 13.8. The first-order chi connectivity index (χ1) is 9.11. The van der Waals surface area contributed by atoms with Crippen molar-refractivity contribution in [3.8, 4) is 0 Å². The highest BCUT2D eigenvalue weighted by molar-refractivity contribution is 14.1. The molecule has 0 saturated heterocycles. The smallest absolute Gasteiger partial charge is 0.311 e. The van der Waals surface area contributed by atoms with Crippen LogP contribution in [0.15, 0.2) is 36.4 Å². The molecule has 0 fully saturated rings. The third-order valence-corrected chi connectivity index (χ3v) is 3.29. The summed E-state index contributed by atoms with van der Waals surface area (Å²) < 4.78 is 0.933. The van der Waals surface area contributed by atoms with E-state index in [1.54, 1.807) is 0 Å². The summed E-state index contributed by atoms with van der Waals surface area (Å²) in [5.74, 6) is 5.75. The van der Waals surface area contributed by atoms with Crippen molar-refractivity contribution in [2.75, 3.05) is 10.7 Å². The molecule has 0 aliphatic heterocycles. The number of pyridine rings is 1. The first kappa shape index (κ1) is 13.5. The van der Waals surface area contributed by atoms with Crippen molar-refractivity contribution < 1.29 is 4.92 Å². The Balaban J connectivity index is 2.43. The number of anilines is 3. The quantitative estimate of drug-likeness (QED) is 0.330. The SMILES string of the molecule is NNc1ccc([N+](=O)[O-])c(Nc2ccccc2I)n1. The Bertz CT molecular complexity index is 620. The van der Waals surface area contributed by atoms with Crippen LogP contribution in [0, 0.1) is 13.7 Å². The zero-order valence-electron chi connectivity index (χ0n) is 9.63. The van der Waals surface area contributed by atoms with Crippen LogP contribution in [0.4, 0.5) is 23.0 Å². The molecule has 0 atom stereocenters. The maximum Gasteiger partial charge on any atom is 0.311 e. The largest absolute Gasteiger partial charge is 0.334 e. The number of hydrogen-bond donors (Lipinski definition) is 3. The zero-order valence-corrected chi connectivity index (χ0v) is 11.8. The van der Waals surface area contributed by atoms with E-state index in [-0.39, 0.29) is 11.5 Å². The molecule has 1 aromatic heterocycles. The van der Waals surface area contributed by atoms with Gasteiger partial charge in [-0.25, -0.2) is 10.8 Å². The Hall–Kier alpha value is -1.94. The maximum absolute atomic E-state index is 11.0. The van der Waals surface area contributed by atoms with E-state index in [0.29, 0.717) is 5.82 Å². The number of para-hydroxylation sites is 1. The Labute approximate surface area is 122 Å².